The summed E-state index contributed by atoms with van der Waals surface area (Å²) in [6.45, 7) is 3.02. The molecule has 1 aliphatic heterocycles. The van der Waals surface area contributed by atoms with Crippen LogP contribution in [0.3, 0.4) is 0 Å². The first-order valence-corrected chi connectivity index (χ1v) is 7.74. The van der Waals surface area contributed by atoms with Crippen LogP contribution in [-0.2, 0) is 0 Å². The van der Waals surface area contributed by atoms with E-state index in [9.17, 15) is 10.2 Å². The van der Waals surface area contributed by atoms with Crippen LogP contribution in [0.15, 0.2) is 15.9 Å². The van der Waals surface area contributed by atoms with Crippen molar-refractivity contribution in [1.29, 1.82) is 0 Å². The van der Waals surface area contributed by atoms with Gasteiger partial charge in [-0.2, -0.15) is 0 Å². The maximum atomic E-state index is 9.69. The van der Waals surface area contributed by atoms with Crippen molar-refractivity contribution in [3.8, 4) is 0 Å². The molecular weight excluding hydrogens is 316 g/mol. The zero-order valence-corrected chi connectivity index (χ0v) is 12.7. The Bertz CT molecular complexity index is 391. The number of rotatable bonds is 4. The molecule has 0 spiro atoms. The van der Waals surface area contributed by atoms with E-state index in [1.165, 1.54) is 4.88 Å². The highest BCUT2D eigenvalue weighted by Crippen LogP contribution is 2.35. The zero-order valence-electron chi connectivity index (χ0n) is 10.3. The predicted molar refractivity (Wildman–Crippen MR) is 76.6 cm³/mol. The molecule has 18 heavy (non-hydrogen) atoms. The van der Waals surface area contributed by atoms with Crippen LogP contribution in [0.1, 0.15) is 24.3 Å². The molecule has 4 nitrogen and oxygen atoms in total. The number of hydrogen-bond donors (Lipinski definition) is 3. The Labute approximate surface area is 120 Å². The number of aliphatic hydroxyl groups is 2. The van der Waals surface area contributed by atoms with Crippen LogP contribution < -0.4 is 5.73 Å². The summed E-state index contributed by atoms with van der Waals surface area (Å²) in [6.07, 6.45) is -0.469. The van der Waals surface area contributed by atoms with E-state index < -0.39 is 12.2 Å². The van der Waals surface area contributed by atoms with Crippen molar-refractivity contribution >= 4 is 27.3 Å². The number of β-amino-alcohol motifs (C(OH)–C–C–N with tert-alkyl or cyclic N) is 2. The maximum Gasteiger partial charge on any atom is 0.0938 e. The second-order valence-corrected chi connectivity index (χ2v) is 7.24. The predicted octanol–water partition coefficient (Wildman–Crippen LogP) is 1.33. The summed E-state index contributed by atoms with van der Waals surface area (Å²) < 4.78 is 1.08. The van der Waals surface area contributed by atoms with Crippen LogP contribution >= 0.6 is 27.3 Å². The summed E-state index contributed by atoms with van der Waals surface area (Å²) in [5.74, 6) is 0. The smallest absolute Gasteiger partial charge is 0.0938 e. The number of halogens is 1. The molecule has 102 valence electrons. The van der Waals surface area contributed by atoms with E-state index in [2.05, 4.69) is 33.8 Å². The molecule has 2 rings (SSSR count). The van der Waals surface area contributed by atoms with Gasteiger partial charge in [-0.1, -0.05) is 6.92 Å². The van der Waals surface area contributed by atoms with Crippen molar-refractivity contribution in [2.45, 2.75) is 37.6 Å². The Morgan fingerprint density at radius 1 is 1.44 bits per heavy atom. The van der Waals surface area contributed by atoms with Gasteiger partial charge >= 0.3 is 0 Å². The fourth-order valence-electron chi connectivity index (χ4n) is 2.40. The van der Waals surface area contributed by atoms with Crippen LogP contribution in [0.2, 0.25) is 0 Å². The van der Waals surface area contributed by atoms with Gasteiger partial charge in [0.05, 0.1) is 22.0 Å². The van der Waals surface area contributed by atoms with E-state index in [1.807, 2.05) is 6.07 Å². The van der Waals surface area contributed by atoms with Gasteiger partial charge in [0.15, 0.2) is 0 Å². The number of hydrogen-bond acceptors (Lipinski definition) is 5. The van der Waals surface area contributed by atoms with E-state index in [1.54, 1.807) is 11.3 Å². The van der Waals surface area contributed by atoms with Crippen molar-refractivity contribution in [2.24, 2.45) is 5.73 Å². The number of nitrogens with zero attached hydrogens (tertiary/aromatic N) is 1. The highest BCUT2D eigenvalue weighted by molar-refractivity contribution is 9.11. The van der Waals surface area contributed by atoms with Crippen LogP contribution in [0.5, 0.6) is 0 Å². The number of nitrogens with two attached hydrogens (primary N) is 1. The highest BCUT2D eigenvalue weighted by atomic mass is 79.9. The van der Waals surface area contributed by atoms with Crippen LogP contribution in [0.4, 0.5) is 0 Å². The third kappa shape index (κ3) is 2.95. The largest absolute Gasteiger partial charge is 0.389 e. The van der Waals surface area contributed by atoms with E-state index in [0.717, 1.165) is 10.2 Å². The average molecular weight is 335 g/mol. The van der Waals surface area contributed by atoms with Gasteiger partial charge < -0.3 is 15.9 Å². The molecule has 2 heterocycles. The standard InChI is InChI=1S/C12H19BrN2O2S/c1-2-7(14)12(10-3-4-11(13)18-10)15-5-8(16)9(17)6-15/h3-4,7-9,12,16-17H,2,5-6,14H2,1H3. The lowest BCUT2D eigenvalue weighted by Crippen LogP contribution is -2.40. The Morgan fingerprint density at radius 3 is 2.50 bits per heavy atom. The molecule has 6 heteroatoms. The van der Waals surface area contributed by atoms with Gasteiger partial charge in [-0.3, -0.25) is 4.90 Å². The van der Waals surface area contributed by atoms with E-state index in [-0.39, 0.29) is 12.1 Å². The summed E-state index contributed by atoms with van der Waals surface area (Å²) in [5, 5.41) is 19.4. The number of aliphatic hydroxyl groups excluding tert-OH is 2. The molecule has 1 fully saturated rings. The maximum absolute atomic E-state index is 9.69. The van der Waals surface area contributed by atoms with Crippen molar-refractivity contribution in [3.05, 3.63) is 20.8 Å². The molecule has 0 amide bonds. The molecule has 4 N–H and O–H groups in total. The molecule has 0 saturated carbocycles. The number of likely N-dealkylation sites (tertiary alicyclic amines) is 1. The van der Waals surface area contributed by atoms with Crippen molar-refractivity contribution < 1.29 is 10.2 Å². The first-order chi connectivity index (χ1) is 8.52. The summed E-state index contributed by atoms with van der Waals surface area (Å²) in [5.41, 5.74) is 6.22. The summed E-state index contributed by atoms with van der Waals surface area (Å²) >= 11 is 5.12. The van der Waals surface area contributed by atoms with E-state index in [4.69, 9.17) is 5.73 Å². The molecule has 1 aromatic heterocycles. The van der Waals surface area contributed by atoms with Crippen molar-refractivity contribution in [2.75, 3.05) is 13.1 Å². The molecule has 0 bridgehead atoms. The minimum atomic E-state index is -0.667. The Morgan fingerprint density at radius 2 is 2.06 bits per heavy atom. The average Bonchev–Trinajstić information content (AvgIpc) is 2.87. The lowest BCUT2D eigenvalue weighted by molar-refractivity contribution is 0.0572. The van der Waals surface area contributed by atoms with Gasteiger partial charge in [0.25, 0.3) is 0 Å². The zero-order chi connectivity index (χ0) is 13.3. The van der Waals surface area contributed by atoms with E-state index in [0.29, 0.717) is 13.1 Å². The molecule has 0 aliphatic carbocycles. The molecule has 4 unspecified atom stereocenters. The van der Waals surface area contributed by atoms with Crippen LogP contribution in [0, 0.1) is 0 Å². The molecule has 1 saturated heterocycles. The van der Waals surface area contributed by atoms with Gasteiger partial charge in [-0.15, -0.1) is 11.3 Å². The quantitative estimate of drug-likeness (QED) is 0.776. The van der Waals surface area contributed by atoms with Gasteiger partial charge in [0, 0.05) is 24.0 Å². The fraction of sp³-hybridized carbons (Fsp3) is 0.667. The number of thiophene rings is 1. The summed E-state index contributed by atoms with van der Waals surface area (Å²) in [4.78, 5) is 3.26. The molecule has 0 aromatic carbocycles. The minimum Gasteiger partial charge on any atom is -0.389 e. The second-order valence-electron chi connectivity index (χ2n) is 4.75. The topological polar surface area (TPSA) is 69.7 Å². The fourth-order valence-corrected chi connectivity index (χ4v) is 4.03. The highest BCUT2D eigenvalue weighted by Gasteiger charge is 2.37. The van der Waals surface area contributed by atoms with Crippen molar-refractivity contribution in [1.82, 2.24) is 4.90 Å². The first-order valence-electron chi connectivity index (χ1n) is 6.14. The van der Waals surface area contributed by atoms with Crippen LogP contribution in [0.25, 0.3) is 0 Å². The van der Waals surface area contributed by atoms with Crippen molar-refractivity contribution in [3.63, 3.8) is 0 Å². The molecule has 1 aromatic rings. The lowest BCUT2D eigenvalue weighted by Gasteiger charge is -2.31. The lowest BCUT2D eigenvalue weighted by atomic mass is 10.0. The second kappa shape index (κ2) is 5.98. The van der Waals surface area contributed by atoms with E-state index >= 15 is 0 Å². The normalized spacial score (nSPS) is 28.5. The summed E-state index contributed by atoms with van der Waals surface area (Å²) in [6, 6.07) is 4.15. The van der Waals surface area contributed by atoms with Gasteiger partial charge in [0.2, 0.25) is 0 Å². The van der Waals surface area contributed by atoms with Gasteiger partial charge in [0.1, 0.15) is 0 Å². The molecule has 0 radical (unpaired) electrons. The first kappa shape index (κ1) is 14.4. The minimum absolute atomic E-state index is 0.00745. The molecule has 4 atom stereocenters. The monoisotopic (exact) mass is 334 g/mol. The molecular formula is C12H19BrN2O2S. The van der Waals surface area contributed by atoms with Gasteiger partial charge in [-0.25, -0.2) is 0 Å². The summed E-state index contributed by atoms with van der Waals surface area (Å²) in [7, 11) is 0. The Kier molecular flexibility index (Phi) is 4.80. The third-order valence-corrected chi connectivity index (χ3v) is 5.14. The SMILES string of the molecule is CCC(N)C(c1ccc(Br)s1)N1CC(O)C(O)C1. The van der Waals surface area contributed by atoms with Gasteiger partial charge in [-0.05, 0) is 34.5 Å². The molecule has 1 aliphatic rings. The Hall–Kier alpha value is 0.0200. The Balaban J connectivity index is 2.21. The van der Waals surface area contributed by atoms with Crippen LogP contribution in [-0.4, -0.2) is 46.5 Å². The third-order valence-electron chi connectivity index (χ3n) is 3.44.